The molecule has 0 amide bonds. The van der Waals surface area contributed by atoms with Gasteiger partial charge in [-0.2, -0.15) is 5.10 Å². The van der Waals surface area contributed by atoms with Crippen LogP contribution >= 0.6 is 15.9 Å². The SMILES string of the molecule is COc1cc(C(=NNc2ccccc2)c2ccc(F)c(F)c2)c(Br)c2ccccc12. The van der Waals surface area contributed by atoms with Crippen molar-refractivity contribution in [3.05, 3.63) is 106 Å². The van der Waals surface area contributed by atoms with Gasteiger partial charge in [0.05, 0.1) is 18.5 Å². The van der Waals surface area contributed by atoms with Crippen LogP contribution in [-0.2, 0) is 0 Å². The minimum atomic E-state index is -0.941. The van der Waals surface area contributed by atoms with Gasteiger partial charge in [-0.1, -0.05) is 42.5 Å². The normalized spacial score (nSPS) is 11.5. The fourth-order valence-electron chi connectivity index (χ4n) is 3.20. The Balaban J connectivity index is 1.93. The average molecular weight is 467 g/mol. The van der Waals surface area contributed by atoms with Gasteiger partial charge in [0.2, 0.25) is 0 Å². The fourth-order valence-corrected chi connectivity index (χ4v) is 3.85. The van der Waals surface area contributed by atoms with Crippen LogP contribution in [0.4, 0.5) is 14.5 Å². The molecule has 0 fully saturated rings. The summed E-state index contributed by atoms with van der Waals surface area (Å²) in [4.78, 5) is 0. The van der Waals surface area contributed by atoms with Gasteiger partial charge in [-0.25, -0.2) is 8.78 Å². The summed E-state index contributed by atoms with van der Waals surface area (Å²) in [5, 5.41) is 6.39. The van der Waals surface area contributed by atoms with Crippen LogP contribution in [0.1, 0.15) is 11.1 Å². The first-order chi connectivity index (χ1) is 14.6. The fraction of sp³-hybridized carbons (Fsp3) is 0.0417. The van der Waals surface area contributed by atoms with Gasteiger partial charge in [-0.15, -0.1) is 0 Å². The van der Waals surface area contributed by atoms with Gasteiger partial charge in [-0.3, -0.25) is 5.43 Å². The molecule has 0 heterocycles. The maximum absolute atomic E-state index is 14.0. The number of nitrogens with zero attached hydrogens (tertiary/aromatic N) is 1. The summed E-state index contributed by atoms with van der Waals surface area (Å²) < 4.78 is 34.0. The van der Waals surface area contributed by atoms with Crippen LogP contribution in [0.25, 0.3) is 10.8 Å². The Morgan fingerprint density at radius 1 is 0.867 bits per heavy atom. The summed E-state index contributed by atoms with van der Waals surface area (Å²) in [6.45, 7) is 0. The lowest BCUT2D eigenvalue weighted by molar-refractivity contribution is 0.419. The van der Waals surface area contributed by atoms with Gasteiger partial charge < -0.3 is 4.74 Å². The predicted octanol–water partition coefficient (Wildman–Crippen LogP) is 6.75. The number of rotatable bonds is 5. The third kappa shape index (κ3) is 3.91. The Kier molecular flexibility index (Phi) is 5.77. The summed E-state index contributed by atoms with van der Waals surface area (Å²) in [5.74, 6) is -1.20. The van der Waals surface area contributed by atoms with Crippen molar-refractivity contribution in [3.63, 3.8) is 0 Å². The molecule has 0 aliphatic rings. The average Bonchev–Trinajstić information content (AvgIpc) is 2.78. The molecule has 0 saturated carbocycles. The zero-order valence-electron chi connectivity index (χ0n) is 16.0. The van der Waals surface area contributed by atoms with Crippen LogP contribution in [0.5, 0.6) is 5.75 Å². The molecule has 0 aliphatic carbocycles. The van der Waals surface area contributed by atoms with E-state index in [0.29, 0.717) is 22.6 Å². The Morgan fingerprint density at radius 2 is 1.57 bits per heavy atom. The highest BCUT2D eigenvalue weighted by Crippen LogP contribution is 2.36. The van der Waals surface area contributed by atoms with Crippen LogP contribution in [-0.4, -0.2) is 12.8 Å². The molecule has 0 unspecified atom stereocenters. The Hall–Kier alpha value is -3.25. The highest BCUT2D eigenvalue weighted by Gasteiger charge is 2.18. The lowest BCUT2D eigenvalue weighted by atomic mass is 9.98. The van der Waals surface area contributed by atoms with E-state index in [4.69, 9.17) is 4.74 Å². The largest absolute Gasteiger partial charge is 0.496 e. The van der Waals surface area contributed by atoms with Crippen LogP contribution in [0.3, 0.4) is 0 Å². The van der Waals surface area contributed by atoms with Crippen LogP contribution in [0.15, 0.2) is 88.4 Å². The highest BCUT2D eigenvalue weighted by molar-refractivity contribution is 9.10. The van der Waals surface area contributed by atoms with Crippen molar-refractivity contribution in [2.75, 3.05) is 12.5 Å². The molecule has 0 saturated heterocycles. The quantitative estimate of drug-likeness (QED) is 0.260. The zero-order chi connectivity index (χ0) is 21.1. The first-order valence-corrected chi connectivity index (χ1v) is 9.97. The molecule has 3 nitrogen and oxygen atoms in total. The molecule has 0 aromatic heterocycles. The van der Waals surface area contributed by atoms with Crippen LogP contribution in [0.2, 0.25) is 0 Å². The van der Waals surface area contributed by atoms with E-state index in [0.717, 1.165) is 33.1 Å². The van der Waals surface area contributed by atoms with Crippen molar-refractivity contribution < 1.29 is 13.5 Å². The van der Waals surface area contributed by atoms with E-state index in [1.165, 1.54) is 6.07 Å². The van der Waals surface area contributed by atoms with Crippen molar-refractivity contribution >= 4 is 38.1 Å². The second-order valence-electron chi connectivity index (χ2n) is 6.55. The van der Waals surface area contributed by atoms with Crippen molar-refractivity contribution in [3.8, 4) is 5.75 Å². The number of methoxy groups -OCH3 is 1. The first-order valence-electron chi connectivity index (χ1n) is 9.18. The summed E-state index contributed by atoms with van der Waals surface area (Å²) in [6, 6.07) is 22.7. The van der Waals surface area contributed by atoms with E-state index in [1.807, 2.05) is 60.7 Å². The molecule has 0 spiro atoms. The molecule has 0 bridgehead atoms. The number of hydrogen-bond donors (Lipinski definition) is 1. The predicted molar refractivity (Wildman–Crippen MR) is 120 cm³/mol. The third-order valence-electron chi connectivity index (χ3n) is 4.68. The summed E-state index contributed by atoms with van der Waals surface area (Å²) in [6.07, 6.45) is 0. The highest BCUT2D eigenvalue weighted by atomic mass is 79.9. The van der Waals surface area contributed by atoms with Crippen LogP contribution in [0, 0.1) is 11.6 Å². The molecule has 0 atom stereocenters. The molecule has 4 rings (SSSR count). The molecule has 6 heteroatoms. The molecule has 0 aliphatic heterocycles. The van der Waals surface area contributed by atoms with Crippen molar-refractivity contribution in [1.29, 1.82) is 0 Å². The number of hydrogen-bond acceptors (Lipinski definition) is 3. The number of para-hydroxylation sites is 1. The lowest BCUT2D eigenvalue weighted by Gasteiger charge is -2.15. The number of hydrazone groups is 1. The van der Waals surface area contributed by atoms with E-state index in [1.54, 1.807) is 7.11 Å². The van der Waals surface area contributed by atoms with Gasteiger partial charge >= 0.3 is 0 Å². The number of fused-ring (bicyclic) bond motifs is 1. The van der Waals surface area contributed by atoms with Crippen molar-refractivity contribution in [1.82, 2.24) is 0 Å². The summed E-state index contributed by atoms with van der Waals surface area (Å²) >= 11 is 3.67. The molecule has 0 radical (unpaired) electrons. The molecule has 4 aromatic carbocycles. The van der Waals surface area contributed by atoms with Gasteiger partial charge in [0, 0.05) is 26.4 Å². The Labute approximate surface area is 181 Å². The second kappa shape index (κ2) is 8.63. The molecular formula is C24H17BrF2N2O. The van der Waals surface area contributed by atoms with Crippen LogP contribution < -0.4 is 10.2 Å². The number of nitrogens with one attached hydrogen (secondary N) is 1. The molecule has 1 N–H and O–H groups in total. The standard InChI is InChI=1S/C24H17BrF2N2O/c1-30-22-14-19(23(25)18-10-6-5-9-17(18)22)24(15-11-12-20(26)21(27)13-15)29-28-16-7-3-2-4-8-16/h2-14,28H,1H3. The van der Waals surface area contributed by atoms with Gasteiger partial charge in [0.1, 0.15) is 5.75 Å². The van der Waals surface area contributed by atoms with Crippen molar-refractivity contribution in [2.45, 2.75) is 0 Å². The Bertz CT molecular complexity index is 1240. The van der Waals surface area contributed by atoms with Gasteiger partial charge in [0.25, 0.3) is 0 Å². The summed E-state index contributed by atoms with van der Waals surface area (Å²) in [7, 11) is 1.59. The lowest BCUT2D eigenvalue weighted by Crippen LogP contribution is -2.09. The molecule has 30 heavy (non-hydrogen) atoms. The van der Waals surface area contributed by atoms with E-state index < -0.39 is 11.6 Å². The van der Waals surface area contributed by atoms with Crippen molar-refractivity contribution in [2.24, 2.45) is 5.10 Å². The molecular weight excluding hydrogens is 450 g/mol. The first kappa shape index (κ1) is 20.0. The van der Waals surface area contributed by atoms with E-state index in [2.05, 4.69) is 26.5 Å². The second-order valence-corrected chi connectivity index (χ2v) is 7.35. The maximum atomic E-state index is 14.0. The van der Waals surface area contributed by atoms with Gasteiger partial charge in [-0.05, 0) is 52.3 Å². The number of halogens is 3. The monoisotopic (exact) mass is 466 g/mol. The number of ether oxygens (including phenoxy) is 1. The summed E-state index contributed by atoms with van der Waals surface area (Å²) in [5.41, 5.74) is 5.31. The number of benzene rings is 4. The maximum Gasteiger partial charge on any atom is 0.159 e. The topological polar surface area (TPSA) is 33.6 Å². The van der Waals surface area contributed by atoms with Gasteiger partial charge in [0.15, 0.2) is 11.6 Å². The van der Waals surface area contributed by atoms with E-state index >= 15 is 0 Å². The van der Waals surface area contributed by atoms with E-state index in [9.17, 15) is 8.78 Å². The minimum Gasteiger partial charge on any atom is -0.496 e. The minimum absolute atomic E-state index is 0.426. The molecule has 150 valence electrons. The third-order valence-corrected chi connectivity index (χ3v) is 5.53. The zero-order valence-corrected chi connectivity index (χ0v) is 17.6. The smallest absolute Gasteiger partial charge is 0.159 e. The van der Waals surface area contributed by atoms with E-state index in [-0.39, 0.29) is 0 Å². The number of anilines is 1. The molecule has 4 aromatic rings. The Morgan fingerprint density at radius 3 is 2.27 bits per heavy atom.